The van der Waals surface area contributed by atoms with Crippen LogP contribution in [0.25, 0.3) is 0 Å². The Bertz CT molecular complexity index is 846. The lowest BCUT2D eigenvalue weighted by Gasteiger charge is -2.10. The Balaban J connectivity index is 2.12. The Kier molecular flexibility index (Phi) is 5.41. The summed E-state index contributed by atoms with van der Waals surface area (Å²) in [6.45, 7) is 1.34. The van der Waals surface area contributed by atoms with Gasteiger partial charge in [-0.1, -0.05) is 6.08 Å². The summed E-state index contributed by atoms with van der Waals surface area (Å²) >= 11 is 0. The number of aryl methyl sites for hydroxylation is 1. The molecule has 1 aromatic heterocycles. The highest BCUT2D eigenvalue weighted by atomic mass is 19.1. The van der Waals surface area contributed by atoms with Gasteiger partial charge in [0.15, 0.2) is 0 Å². The summed E-state index contributed by atoms with van der Waals surface area (Å²) in [7, 11) is 0. The number of rotatable bonds is 6. The van der Waals surface area contributed by atoms with Crippen molar-refractivity contribution in [3.05, 3.63) is 69.8 Å². The van der Waals surface area contributed by atoms with E-state index < -0.39 is 23.2 Å². The molecule has 6 nitrogen and oxygen atoms in total. The standard InChI is InChI=1S/C16H14F2N2O4/c1-10-19-14(8-15(21)20(10)6-2-3-16(22)23)24-9-11-4-5-12(17)7-13(11)18/h2-5,7-8H,6,9H2,1H3,(H,22,23)/p-1/b3-2+. The fourth-order valence-corrected chi connectivity index (χ4v) is 1.94. The maximum Gasteiger partial charge on any atom is 0.257 e. The monoisotopic (exact) mass is 335 g/mol. The van der Waals surface area contributed by atoms with Crippen LogP contribution in [0.3, 0.4) is 0 Å². The lowest BCUT2D eigenvalue weighted by molar-refractivity contribution is -0.297. The van der Waals surface area contributed by atoms with Crippen molar-refractivity contribution in [3.63, 3.8) is 0 Å². The van der Waals surface area contributed by atoms with Crippen LogP contribution >= 0.6 is 0 Å². The number of carbonyl (C=O) groups excluding carboxylic acids is 1. The molecule has 0 aliphatic carbocycles. The molecule has 2 rings (SSSR count). The van der Waals surface area contributed by atoms with Gasteiger partial charge in [-0.25, -0.2) is 13.8 Å². The largest absolute Gasteiger partial charge is 0.545 e. The van der Waals surface area contributed by atoms with Gasteiger partial charge in [-0.05, 0) is 25.1 Å². The molecule has 0 saturated carbocycles. The van der Waals surface area contributed by atoms with Gasteiger partial charge < -0.3 is 14.6 Å². The van der Waals surface area contributed by atoms with Crippen LogP contribution in [-0.4, -0.2) is 15.5 Å². The molecule has 0 unspecified atom stereocenters. The van der Waals surface area contributed by atoms with Gasteiger partial charge in [0.1, 0.15) is 24.1 Å². The van der Waals surface area contributed by atoms with Crippen molar-refractivity contribution in [3.8, 4) is 5.88 Å². The minimum absolute atomic E-state index is 0.0124. The minimum Gasteiger partial charge on any atom is -0.545 e. The Morgan fingerprint density at radius 2 is 2.12 bits per heavy atom. The smallest absolute Gasteiger partial charge is 0.257 e. The first-order valence-electron chi connectivity index (χ1n) is 6.89. The molecular formula is C16H13F2N2O4-. The summed E-state index contributed by atoms with van der Waals surface area (Å²) < 4.78 is 32.8. The van der Waals surface area contributed by atoms with E-state index in [0.717, 1.165) is 24.3 Å². The van der Waals surface area contributed by atoms with E-state index in [-0.39, 0.29) is 24.6 Å². The van der Waals surface area contributed by atoms with Crippen LogP contribution in [0.1, 0.15) is 11.4 Å². The summed E-state index contributed by atoms with van der Waals surface area (Å²) in [5.41, 5.74) is -0.336. The average molecular weight is 335 g/mol. The highest BCUT2D eigenvalue weighted by Gasteiger charge is 2.08. The molecule has 0 N–H and O–H groups in total. The lowest BCUT2D eigenvalue weighted by Crippen LogP contribution is -2.23. The zero-order valence-corrected chi connectivity index (χ0v) is 12.7. The molecule has 1 aromatic carbocycles. The second-order valence-corrected chi connectivity index (χ2v) is 4.84. The number of carbonyl (C=O) groups is 1. The predicted octanol–water partition coefficient (Wildman–Crippen LogP) is 0.715. The maximum atomic E-state index is 13.5. The Morgan fingerprint density at radius 1 is 1.38 bits per heavy atom. The van der Waals surface area contributed by atoms with Crippen LogP contribution in [-0.2, 0) is 17.9 Å². The Labute approximate surface area is 135 Å². The number of allylic oxidation sites excluding steroid dienone is 1. The van der Waals surface area contributed by atoms with E-state index in [1.54, 1.807) is 6.92 Å². The number of ether oxygens (including phenoxy) is 1. The number of carboxylic acids is 1. The van der Waals surface area contributed by atoms with Crippen LogP contribution in [0, 0.1) is 18.6 Å². The second kappa shape index (κ2) is 7.49. The van der Waals surface area contributed by atoms with Crippen LogP contribution in [0.4, 0.5) is 8.78 Å². The van der Waals surface area contributed by atoms with Crippen molar-refractivity contribution in [1.82, 2.24) is 9.55 Å². The van der Waals surface area contributed by atoms with Gasteiger partial charge in [0, 0.05) is 18.2 Å². The quantitative estimate of drug-likeness (QED) is 0.726. The van der Waals surface area contributed by atoms with Gasteiger partial charge in [-0.15, -0.1) is 0 Å². The number of aliphatic carboxylic acids is 1. The molecule has 0 radical (unpaired) electrons. The fraction of sp³-hybridized carbons (Fsp3) is 0.188. The Hall–Kier alpha value is -3.03. The zero-order chi connectivity index (χ0) is 17.7. The van der Waals surface area contributed by atoms with Gasteiger partial charge in [-0.2, -0.15) is 0 Å². The van der Waals surface area contributed by atoms with Gasteiger partial charge in [0.05, 0.1) is 12.0 Å². The SMILES string of the molecule is Cc1nc(OCc2ccc(F)cc2F)cc(=O)n1C/C=C/C(=O)[O-]. The number of benzene rings is 1. The normalized spacial score (nSPS) is 11.0. The molecule has 126 valence electrons. The molecule has 0 saturated heterocycles. The van der Waals surface area contributed by atoms with E-state index in [9.17, 15) is 23.5 Å². The van der Waals surface area contributed by atoms with Crippen molar-refractivity contribution in [2.45, 2.75) is 20.1 Å². The summed E-state index contributed by atoms with van der Waals surface area (Å²) in [6.07, 6.45) is 2.06. The number of hydrogen-bond donors (Lipinski definition) is 0. The van der Waals surface area contributed by atoms with E-state index in [4.69, 9.17) is 4.74 Å². The van der Waals surface area contributed by atoms with Crippen molar-refractivity contribution >= 4 is 5.97 Å². The topological polar surface area (TPSA) is 84.2 Å². The van der Waals surface area contributed by atoms with Gasteiger partial charge in [0.25, 0.3) is 5.56 Å². The molecule has 0 bridgehead atoms. The van der Waals surface area contributed by atoms with E-state index in [2.05, 4.69) is 4.98 Å². The van der Waals surface area contributed by atoms with Gasteiger partial charge in [0.2, 0.25) is 5.88 Å². The minimum atomic E-state index is -1.37. The number of aromatic nitrogens is 2. The van der Waals surface area contributed by atoms with Crippen LogP contribution in [0.2, 0.25) is 0 Å². The lowest BCUT2D eigenvalue weighted by atomic mass is 10.2. The molecular weight excluding hydrogens is 322 g/mol. The molecule has 0 atom stereocenters. The number of nitrogens with zero attached hydrogens (tertiary/aromatic N) is 2. The predicted molar refractivity (Wildman–Crippen MR) is 78.1 cm³/mol. The van der Waals surface area contributed by atoms with Crippen LogP contribution < -0.4 is 15.4 Å². The number of carboxylic acid groups (broad SMARTS) is 1. The molecule has 1 heterocycles. The fourth-order valence-electron chi connectivity index (χ4n) is 1.94. The van der Waals surface area contributed by atoms with Crippen molar-refractivity contribution in [2.24, 2.45) is 0 Å². The first-order valence-corrected chi connectivity index (χ1v) is 6.89. The molecule has 0 spiro atoms. The second-order valence-electron chi connectivity index (χ2n) is 4.84. The van der Waals surface area contributed by atoms with Crippen molar-refractivity contribution < 1.29 is 23.4 Å². The highest BCUT2D eigenvalue weighted by Crippen LogP contribution is 2.13. The summed E-state index contributed by atoms with van der Waals surface area (Å²) in [5, 5.41) is 10.3. The number of halogens is 2. The third-order valence-corrected chi connectivity index (χ3v) is 3.11. The summed E-state index contributed by atoms with van der Waals surface area (Å²) in [6, 6.07) is 4.17. The van der Waals surface area contributed by atoms with E-state index in [1.807, 2.05) is 0 Å². The third kappa shape index (κ3) is 4.48. The average Bonchev–Trinajstić information content (AvgIpc) is 2.49. The summed E-state index contributed by atoms with van der Waals surface area (Å²) in [5.74, 6) is -2.54. The summed E-state index contributed by atoms with van der Waals surface area (Å²) in [4.78, 5) is 26.3. The maximum absolute atomic E-state index is 13.5. The molecule has 2 aromatic rings. The van der Waals surface area contributed by atoms with E-state index >= 15 is 0 Å². The van der Waals surface area contributed by atoms with Crippen molar-refractivity contribution in [2.75, 3.05) is 0 Å². The molecule has 0 fully saturated rings. The van der Waals surface area contributed by atoms with E-state index in [1.165, 1.54) is 16.7 Å². The zero-order valence-electron chi connectivity index (χ0n) is 12.7. The van der Waals surface area contributed by atoms with Gasteiger partial charge in [-0.3, -0.25) is 9.36 Å². The molecule has 0 aliphatic rings. The van der Waals surface area contributed by atoms with Crippen LogP contribution in [0.15, 0.2) is 41.2 Å². The molecule has 0 amide bonds. The Morgan fingerprint density at radius 3 is 2.75 bits per heavy atom. The van der Waals surface area contributed by atoms with Crippen molar-refractivity contribution in [1.29, 1.82) is 0 Å². The van der Waals surface area contributed by atoms with E-state index in [0.29, 0.717) is 5.82 Å². The molecule has 8 heteroatoms. The molecule has 0 aliphatic heterocycles. The third-order valence-electron chi connectivity index (χ3n) is 3.11. The highest BCUT2D eigenvalue weighted by molar-refractivity contribution is 5.77. The number of hydrogen-bond acceptors (Lipinski definition) is 5. The first-order chi connectivity index (χ1) is 11.4. The molecule has 24 heavy (non-hydrogen) atoms. The van der Waals surface area contributed by atoms with Gasteiger partial charge >= 0.3 is 0 Å². The van der Waals surface area contributed by atoms with Crippen LogP contribution in [0.5, 0.6) is 5.88 Å². The first kappa shape index (κ1) is 17.3.